The molecule has 108 valence electrons. The maximum absolute atomic E-state index is 12.1. The van der Waals surface area contributed by atoms with Gasteiger partial charge in [-0.05, 0) is 20.8 Å². The van der Waals surface area contributed by atoms with Crippen LogP contribution in [0.5, 0.6) is 0 Å². The number of sulfonamides is 1. The van der Waals surface area contributed by atoms with E-state index in [4.69, 9.17) is 0 Å². The SMILES string of the molecule is CC(CN(C(C)(C)C)S(C)(=O)=O)C(=O)C(C)(C)C. The summed E-state index contributed by atoms with van der Waals surface area (Å²) in [5.41, 5.74) is -0.958. The molecule has 0 radical (unpaired) electrons. The first-order valence-electron chi connectivity index (χ1n) is 6.19. The Hall–Kier alpha value is -0.420. The largest absolute Gasteiger partial charge is 0.299 e. The predicted molar refractivity (Wildman–Crippen MR) is 74.9 cm³/mol. The van der Waals surface area contributed by atoms with Crippen LogP contribution in [0.3, 0.4) is 0 Å². The molecular formula is C13H27NO3S. The molecule has 1 atom stereocenters. The van der Waals surface area contributed by atoms with E-state index in [9.17, 15) is 13.2 Å². The molecule has 1 unspecified atom stereocenters. The van der Waals surface area contributed by atoms with Gasteiger partial charge in [0.05, 0.1) is 6.26 Å². The lowest BCUT2D eigenvalue weighted by Gasteiger charge is -2.36. The summed E-state index contributed by atoms with van der Waals surface area (Å²) in [6.45, 7) is 13.1. The number of carbonyl (C=O) groups is 1. The standard InChI is InChI=1S/C13H27NO3S/c1-10(11(15)12(2,3)4)9-14(13(5,6)7)18(8,16)17/h10H,9H2,1-8H3. The first-order chi connectivity index (χ1) is 7.67. The molecule has 0 fully saturated rings. The summed E-state index contributed by atoms with van der Waals surface area (Å²) in [7, 11) is -3.32. The Labute approximate surface area is 112 Å². The molecule has 0 saturated heterocycles. The van der Waals surface area contributed by atoms with E-state index in [2.05, 4.69) is 0 Å². The molecular weight excluding hydrogens is 250 g/mol. The summed E-state index contributed by atoms with van der Waals surface area (Å²) in [5.74, 6) is -0.223. The van der Waals surface area contributed by atoms with Gasteiger partial charge in [0, 0.05) is 23.4 Å². The van der Waals surface area contributed by atoms with Gasteiger partial charge in [-0.25, -0.2) is 8.42 Å². The number of nitrogens with zero attached hydrogens (tertiary/aromatic N) is 1. The number of Topliss-reactive ketones (excluding diaryl/α,β-unsaturated/α-hetero) is 1. The second-order valence-corrected chi connectivity index (χ2v) is 8.89. The molecule has 0 amide bonds. The van der Waals surface area contributed by atoms with Crippen molar-refractivity contribution in [3.05, 3.63) is 0 Å². The second kappa shape index (κ2) is 5.29. The number of rotatable bonds is 4. The molecule has 0 bridgehead atoms. The van der Waals surface area contributed by atoms with Crippen LogP contribution in [0.2, 0.25) is 0 Å². The van der Waals surface area contributed by atoms with Crippen molar-refractivity contribution in [1.29, 1.82) is 0 Å². The van der Waals surface area contributed by atoms with Crippen molar-refractivity contribution < 1.29 is 13.2 Å². The zero-order valence-electron chi connectivity index (χ0n) is 12.9. The molecule has 0 aromatic heterocycles. The van der Waals surface area contributed by atoms with Crippen molar-refractivity contribution in [2.24, 2.45) is 11.3 Å². The molecule has 18 heavy (non-hydrogen) atoms. The Morgan fingerprint density at radius 3 is 1.72 bits per heavy atom. The summed E-state index contributed by atoms with van der Waals surface area (Å²) >= 11 is 0. The number of ketones is 1. The average molecular weight is 277 g/mol. The van der Waals surface area contributed by atoms with E-state index in [1.54, 1.807) is 6.92 Å². The van der Waals surface area contributed by atoms with Crippen molar-refractivity contribution in [2.75, 3.05) is 12.8 Å². The lowest BCUT2D eigenvalue weighted by molar-refractivity contribution is -0.130. The zero-order chi connectivity index (χ0) is 14.9. The summed E-state index contributed by atoms with van der Waals surface area (Å²) in [5, 5.41) is 0. The van der Waals surface area contributed by atoms with Gasteiger partial charge < -0.3 is 0 Å². The van der Waals surface area contributed by atoms with Gasteiger partial charge in [0.15, 0.2) is 0 Å². The minimum atomic E-state index is -3.32. The van der Waals surface area contributed by atoms with E-state index in [1.165, 1.54) is 10.6 Å². The second-order valence-electron chi connectivity index (χ2n) is 6.98. The van der Waals surface area contributed by atoms with Crippen LogP contribution in [-0.2, 0) is 14.8 Å². The van der Waals surface area contributed by atoms with Crippen LogP contribution in [-0.4, -0.2) is 36.8 Å². The van der Waals surface area contributed by atoms with E-state index < -0.39 is 21.0 Å². The molecule has 0 aromatic rings. The minimum Gasteiger partial charge on any atom is -0.299 e. The Balaban J connectivity index is 5.11. The number of carbonyl (C=O) groups excluding carboxylic acids is 1. The molecule has 0 rings (SSSR count). The lowest BCUT2D eigenvalue weighted by atomic mass is 9.83. The number of hydrogen-bond donors (Lipinski definition) is 0. The molecule has 0 N–H and O–H groups in total. The molecule has 0 aromatic carbocycles. The van der Waals surface area contributed by atoms with Crippen LogP contribution in [0.1, 0.15) is 48.5 Å². The van der Waals surface area contributed by atoms with Gasteiger partial charge >= 0.3 is 0 Å². The Kier molecular flexibility index (Phi) is 5.17. The average Bonchev–Trinajstić information content (AvgIpc) is 2.07. The van der Waals surface area contributed by atoms with Gasteiger partial charge in [-0.3, -0.25) is 4.79 Å². The van der Waals surface area contributed by atoms with Gasteiger partial charge in [-0.1, -0.05) is 27.7 Å². The Bertz CT molecular complexity index is 399. The predicted octanol–water partition coefficient (Wildman–Crippen LogP) is 2.30. The molecule has 0 spiro atoms. The van der Waals surface area contributed by atoms with E-state index in [-0.39, 0.29) is 18.2 Å². The topological polar surface area (TPSA) is 54.5 Å². The van der Waals surface area contributed by atoms with E-state index in [0.29, 0.717) is 0 Å². The van der Waals surface area contributed by atoms with E-state index in [1.807, 2.05) is 41.5 Å². The van der Waals surface area contributed by atoms with E-state index >= 15 is 0 Å². The third-order valence-corrected chi connectivity index (χ3v) is 4.27. The highest BCUT2D eigenvalue weighted by Gasteiger charge is 2.35. The third-order valence-electron chi connectivity index (χ3n) is 2.78. The fourth-order valence-electron chi connectivity index (χ4n) is 1.98. The van der Waals surface area contributed by atoms with Crippen LogP contribution in [0, 0.1) is 11.3 Å². The number of hydrogen-bond acceptors (Lipinski definition) is 3. The molecule has 0 saturated carbocycles. The Morgan fingerprint density at radius 2 is 1.50 bits per heavy atom. The first kappa shape index (κ1) is 17.6. The Morgan fingerprint density at radius 1 is 1.11 bits per heavy atom. The molecule has 0 heterocycles. The highest BCUT2D eigenvalue weighted by atomic mass is 32.2. The minimum absolute atomic E-state index is 0.0837. The maximum atomic E-state index is 12.1. The fourth-order valence-corrected chi connectivity index (χ4v) is 3.47. The lowest BCUT2D eigenvalue weighted by Crippen LogP contribution is -2.48. The molecule has 4 nitrogen and oxygen atoms in total. The maximum Gasteiger partial charge on any atom is 0.211 e. The van der Waals surface area contributed by atoms with Crippen molar-refractivity contribution in [3.63, 3.8) is 0 Å². The van der Waals surface area contributed by atoms with Gasteiger partial charge in [-0.2, -0.15) is 4.31 Å². The van der Waals surface area contributed by atoms with Crippen molar-refractivity contribution in [3.8, 4) is 0 Å². The fraction of sp³-hybridized carbons (Fsp3) is 0.923. The smallest absolute Gasteiger partial charge is 0.211 e. The molecule has 0 aliphatic carbocycles. The van der Waals surface area contributed by atoms with Crippen LogP contribution in [0.4, 0.5) is 0 Å². The summed E-state index contributed by atoms with van der Waals surface area (Å²) < 4.78 is 25.0. The highest BCUT2D eigenvalue weighted by Crippen LogP contribution is 2.24. The van der Waals surface area contributed by atoms with Crippen LogP contribution in [0.15, 0.2) is 0 Å². The normalized spacial score (nSPS) is 15.8. The summed E-state index contributed by atoms with van der Waals surface area (Å²) in [4.78, 5) is 12.1. The summed E-state index contributed by atoms with van der Waals surface area (Å²) in [6.07, 6.45) is 1.19. The van der Waals surface area contributed by atoms with Gasteiger partial charge in [0.2, 0.25) is 10.0 Å². The van der Waals surface area contributed by atoms with Gasteiger partial charge in [-0.15, -0.1) is 0 Å². The third kappa shape index (κ3) is 5.06. The van der Waals surface area contributed by atoms with Crippen LogP contribution >= 0.6 is 0 Å². The van der Waals surface area contributed by atoms with Crippen LogP contribution < -0.4 is 0 Å². The first-order valence-corrected chi connectivity index (χ1v) is 8.04. The van der Waals surface area contributed by atoms with Crippen molar-refractivity contribution in [2.45, 2.75) is 54.0 Å². The molecule has 0 aliphatic rings. The quantitative estimate of drug-likeness (QED) is 0.792. The van der Waals surface area contributed by atoms with Crippen molar-refractivity contribution >= 4 is 15.8 Å². The summed E-state index contributed by atoms with van der Waals surface area (Å²) in [6, 6.07) is 0. The molecule has 5 heteroatoms. The molecule has 0 aliphatic heterocycles. The highest BCUT2D eigenvalue weighted by molar-refractivity contribution is 7.88. The van der Waals surface area contributed by atoms with Crippen molar-refractivity contribution in [1.82, 2.24) is 4.31 Å². The monoisotopic (exact) mass is 277 g/mol. The van der Waals surface area contributed by atoms with Gasteiger partial charge in [0.25, 0.3) is 0 Å². The van der Waals surface area contributed by atoms with Crippen LogP contribution in [0.25, 0.3) is 0 Å². The zero-order valence-corrected chi connectivity index (χ0v) is 13.7. The van der Waals surface area contributed by atoms with Gasteiger partial charge in [0.1, 0.15) is 5.78 Å². The van der Waals surface area contributed by atoms with E-state index in [0.717, 1.165) is 0 Å².